The second-order valence-corrected chi connectivity index (χ2v) is 9.96. The number of aromatic nitrogens is 2. The summed E-state index contributed by atoms with van der Waals surface area (Å²) < 4.78 is 6.15. The topological polar surface area (TPSA) is 35.0 Å². The van der Waals surface area contributed by atoms with E-state index in [1.165, 1.54) is 21.4 Å². The number of benzene rings is 1. The summed E-state index contributed by atoms with van der Waals surface area (Å²) in [6, 6.07) is 10.4. The van der Waals surface area contributed by atoms with Gasteiger partial charge in [0.15, 0.2) is 5.16 Å². The fourth-order valence-corrected chi connectivity index (χ4v) is 5.83. The standard InChI is InChI=1S/C22H24N2OS3/c1-4-22(2)13-16-17(14-25-22)28-20-18(16)19(23-21(24-20)26-3)27-12-8-11-15-9-6-5-7-10-15/h5-11H,4,12-14H2,1-3H3/b11-8+/t22-/m1/s1. The van der Waals surface area contributed by atoms with Crippen LogP contribution < -0.4 is 0 Å². The van der Waals surface area contributed by atoms with Gasteiger partial charge >= 0.3 is 0 Å². The number of thioether (sulfide) groups is 2. The third-order valence-electron chi connectivity index (χ3n) is 5.14. The molecule has 0 fully saturated rings. The Hall–Kier alpha value is -1.34. The summed E-state index contributed by atoms with van der Waals surface area (Å²) in [6.45, 7) is 5.10. The molecule has 0 unspecified atom stereocenters. The van der Waals surface area contributed by atoms with E-state index in [1.54, 1.807) is 34.9 Å². The van der Waals surface area contributed by atoms with Crippen LogP contribution in [-0.4, -0.2) is 27.6 Å². The average molecular weight is 429 g/mol. The number of ether oxygens (including phenoxy) is 1. The summed E-state index contributed by atoms with van der Waals surface area (Å²) in [5, 5.41) is 3.20. The highest BCUT2D eigenvalue weighted by Gasteiger charge is 2.33. The number of nitrogens with zero attached hydrogens (tertiary/aromatic N) is 2. The maximum atomic E-state index is 6.15. The van der Waals surface area contributed by atoms with Crippen molar-refractivity contribution in [3.63, 3.8) is 0 Å². The van der Waals surface area contributed by atoms with Crippen molar-refractivity contribution < 1.29 is 4.74 Å². The van der Waals surface area contributed by atoms with Gasteiger partial charge in [-0.2, -0.15) is 0 Å². The minimum atomic E-state index is -0.0890. The molecule has 0 radical (unpaired) electrons. The molecule has 0 N–H and O–H groups in total. The predicted octanol–water partition coefficient (Wildman–Crippen LogP) is 6.46. The lowest BCUT2D eigenvalue weighted by Gasteiger charge is -2.33. The summed E-state index contributed by atoms with van der Waals surface area (Å²) >= 11 is 5.17. The van der Waals surface area contributed by atoms with Crippen LogP contribution >= 0.6 is 34.9 Å². The van der Waals surface area contributed by atoms with Crippen LogP contribution in [0.3, 0.4) is 0 Å². The monoisotopic (exact) mass is 428 g/mol. The second-order valence-electron chi connectivity index (χ2n) is 7.09. The molecule has 3 heterocycles. The lowest BCUT2D eigenvalue weighted by molar-refractivity contribution is -0.0543. The van der Waals surface area contributed by atoms with Gasteiger partial charge in [0.25, 0.3) is 0 Å². The Morgan fingerprint density at radius 2 is 2.07 bits per heavy atom. The number of hydrogen-bond acceptors (Lipinski definition) is 6. The third kappa shape index (κ3) is 4.15. The first-order valence-corrected chi connectivity index (χ1v) is 12.5. The highest BCUT2D eigenvalue weighted by atomic mass is 32.2. The molecule has 2 aromatic heterocycles. The molecule has 0 spiro atoms. The van der Waals surface area contributed by atoms with Gasteiger partial charge in [0.1, 0.15) is 9.86 Å². The largest absolute Gasteiger partial charge is 0.369 e. The normalized spacial score (nSPS) is 19.4. The minimum Gasteiger partial charge on any atom is -0.369 e. The SMILES string of the molecule is CC[C@]1(C)Cc2c(sc3nc(SC)nc(SC/C=C/c4ccccc4)c23)CO1. The molecular weight excluding hydrogens is 404 g/mol. The van der Waals surface area contributed by atoms with E-state index in [-0.39, 0.29) is 5.60 Å². The quantitative estimate of drug-likeness (QED) is 0.256. The lowest BCUT2D eigenvalue weighted by atomic mass is 9.90. The molecule has 6 heteroatoms. The van der Waals surface area contributed by atoms with Crippen LogP contribution in [0.4, 0.5) is 0 Å². The molecule has 0 bridgehead atoms. The van der Waals surface area contributed by atoms with Crippen molar-refractivity contribution in [1.29, 1.82) is 0 Å². The van der Waals surface area contributed by atoms with E-state index in [2.05, 4.69) is 50.3 Å². The molecule has 1 aliphatic heterocycles. The Morgan fingerprint density at radius 1 is 1.25 bits per heavy atom. The average Bonchev–Trinajstić information content (AvgIpc) is 3.09. The van der Waals surface area contributed by atoms with Crippen LogP contribution in [0.1, 0.15) is 36.3 Å². The van der Waals surface area contributed by atoms with Crippen molar-refractivity contribution in [2.24, 2.45) is 0 Å². The number of hydrogen-bond donors (Lipinski definition) is 0. The first-order chi connectivity index (χ1) is 13.6. The Balaban J connectivity index is 1.65. The smallest absolute Gasteiger partial charge is 0.189 e. The van der Waals surface area contributed by atoms with Crippen LogP contribution in [0.15, 0.2) is 46.6 Å². The van der Waals surface area contributed by atoms with E-state index in [4.69, 9.17) is 14.7 Å². The van der Waals surface area contributed by atoms with E-state index < -0.39 is 0 Å². The predicted molar refractivity (Wildman–Crippen MR) is 123 cm³/mol. The van der Waals surface area contributed by atoms with Crippen LogP contribution in [0.5, 0.6) is 0 Å². The van der Waals surface area contributed by atoms with Gasteiger partial charge < -0.3 is 4.74 Å². The van der Waals surface area contributed by atoms with Gasteiger partial charge in [-0.25, -0.2) is 9.97 Å². The van der Waals surface area contributed by atoms with Crippen molar-refractivity contribution in [1.82, 2.24) is 9.97 Å². The second kappa shape index (κ2) is 8.57. The minimum absolute atomic E-state index is 0.0890. The van der Waals surface area contributed by atoms with Gasteiger partial charge in [-0.15, -0.1) is 23.1 Å². The van der Waals surface area contributed by atoms with E-state index in [9.17, 15) is 0 Å². The molecule has 3 nitrogen and oxygen atoms in total. The molecule has 1 atom stereocenters. The summed E-state index contributed by atoms with van der Waals surface area (Å²) in [4.78, 5) is 12.1. The Morgan fingerprint density at radius 3 is 2.82 bits per heavy atom. The molecule has 0 saturated carbocycles. The third-order valence-corrected chi connectivity index (χ3v) is 7.71. The van der Waals surface area contributed by atoms with Crippen LogP contribution in [0.25, 0.3) is 16.3 Å². The van der Waals surface area contributed by atoms with Gasteiger partial charge in [-0.1, -0.05) is 61.2 Å². The maximum absolute atomic E-state index is 6.15. The van der Waals surface area contributed by atoms with Crippen LogP contribution in [0.2, 0.25) is 0 Å². The van der Waals surface area contributed by atoms with Crippen LogP contribution in [-0.2, 0) is 17.8 Å². The van der Waals surface area contributed by atoms with E-state index >= 15 is 0 Å². The van der Waals surface area contributed by atoms with Gasteiger partial charge in [0, 0.05) is 22.4 Å². The van der Waals surface area contributed by atoms with Crippen molar-refractivity contribution in [3.8, 4) is 0 Å². The van der Waals surface area contributed by atoms with Crippen molar-refractivity contribution in [2.45, 2.75) is 49.1 Å². The lowest BCUT2D eigenvalue weighted by Crippen LogP contribution is -2.33. The number of fused-ring (bicyclic) bond motifs is 3. The Kier molecular flexibility index (Phi) is 6.11. The summed E-state index contributed by atoms with van der Waals surface area (Å²) in [5.41, 5.74) is 2.54. The zero-order valence-corrected chi connectivity index (χ0v) is 18.8. The van der Waals surface area contributed by atoms with Crippen molar-refractivity contribution in [2.75, 3.05) is 12.0 Å². The molecule has 0 amide bonds. The van der Waals surface area contributed by atoms with Gasteiger partial charge in [0.05, 0.1) is 12.2 Å². The maximum Gasteiger partial charge on any atom is 0.189 e. The molecule has 0 aliphatic carbocycles. The van der Waals surface area contributed by atoms with E-state index in [0.29, 0.717) is 6.61 Å². The molecule has 4 rings (SSSR count). The molecule has 1 aliphatic rings. The van der Waals surface area contributed by atoms with Crippen LogP contribution in [0, 0.1) is 0 Å². The summed E-state index contributed by atoms with van der Waals surface area (Å²) in [6.07, 6.45) is 8.37. The van der Waals surface area contributed by atoms with Crippen molar-refractivity contribution >= 4 is 51.2 Å². The summed E-state index contributed by atoms with van der Waals surface area (Å²) in [5.74, 6) is 0.890. The molecule has 3 aromatic rings. The first kappa shape index (κ1) is 20.0. The Bertz CT molecular complexity index is 1000. The number of rotatable bonds is 6. The fourth-order valence-electron chi connectivity index (χ4n) is 3.32. The van der Waals surface area contributed by atoms with E-state index in [1.807, 2.05) is 12.3 Å². The molecular formula is C22H24N2OS3. The van der Waals surface area contributed by atoms with Gasteiger partial charge in [-0.05, 0) is 30.7 Å². The molecule has 28 heavy (non-hydrogen) atoms. The zero-order valence-electron chi connectivity index (χ0n) is 16.4. The highest BCUT2D eigenvalue weighted by molar-refractivity contribution is 7.99. The highest BCUT2D eigenvalue weighted by Crippen LogP contribution is 2.43. The van der Waals surface area contributed by atoms with Crippen molar-refractivity contribution in [3.05, 3.63) is 52.4 Å². The molecule has 0 saturated heterocycles. The zero-order chi connectivity index (χ0) is 19.6. The molecule has 1 aromatic carbocycles. The summed E-state index contributed by atoms with van der Waals surface area (Å²) in [7, 11) is 0. The van der Waals surface area contributed by atoms with Gasteiger partial charge in [-0.3, -0.25) is 0 Å². The fraction of sp³-hybridized carbons (Fsp3) is 0.364. The van der Waals surface area contributed by atoms with E-state index in [0.717, 1.165) is 33.6 Å². The Labute approximate surface area is 179 Å². The molecule has 146 valence electrons. The first-order valence-electron chi connectivity index (χ1n) is 9.46. The van der Waals surface area contributed by atoms with Gasteiger partial charge in [0.2, 0.25) is 0 Å². The number of thiophene rings is 1.